The summed E-state index contributed by atoms with van der Waals surface area (Å²) in [6, 6.07) is 5.18. The highest BCUT2D eigenvalue weighted by Crippen LogP contribution is 2.28. The van der Waals surface area contributed by atoms with Crippen LogP contribution in [0.4, 0.5) is 5.69 Å². The number of nitrogens with one attached hydrogen (secondary N) is 1. The molecule has 0 unspecified atom stereocenters. The molecule has 2 rings (SSSR count). The van der Waals surface area contributed by atoms with Crippen LogP contribution in [0.5, 0.6) is 0 Å². The van der Waals surface area contributed by atoms with Gasteiger partial charge in [0.2, 0.25) is 0 Å². The van der Waals surface area contributed by atoms with Crippen molar-refractivity contribution < 1.29 is 9.53 Å². The normalized spacial score (nSPS) is 10.4. The van der Waals surface area contributed by atoms with Crippen molar-refractivity contribution in [2.45, 2.75) is 6.92 Å². The van der Waals surface area contributed by atoms with Crippen LogP contribution < -0.4 is 11.3 Å². The number of ether oxygens (including phenoxy) is 1. The van der Waals surface area contributed by atoms with E-state index in [1.54, 1.807) is 25.1 Å². The largest absolute Gasteiger partial charge is 0.462 e. The van der Waals surface area contributed by atoms with Crippen LogP contribution in [0.2, 0.25) is 5.02 Å². The van der Waals surface area contributed by atoms with Gasteiger partial charge in [-0.3, -0.25) is 10.8 Å². The first kappa shape index (κ1) is 12.6. The summed E-state index contributed by atoms with van der Waals surface area (Å²) in [4.78, 5) is 15.9. The molecular weight excluding hydrogens is 254 g/mol. The first-order chi connectivity index (χ1) is 8.67. The summed E-state index contributed by atoms with van der Waals surface area (Å²) in [6.07, 6.45) is 1.43. The molecule has 2 aromatic rings. The maximum Gasteiger partial charge on any atom is 0.341 e. The zero-order valence-electron chi connectivity index (χ0n) is 9.74. The van der Waals surface area contributed by atoms with Crippen molar-refractivity contribution in [2.75, 3.05) is 12.0 Å². The molecular formula is C12H12ClN3O2. The van der Waals surface area contributed by atoms with Crippen LogP contribution in [0.1, 0.15) is 17.3 Å². The molecule has 18 heavy (non-hydrogen) atoms. The lowest BCUT2D eigenvalue weighted by molar-refractivity contribution is 0.0527. The number of esters is 1. The second kappa shape index (κ2) is 5.20. The summed E-state index contributed by atoms with van der Waals surface area (Å²) in [5.41, 5.74) is 3.95. The smallest absolute Gasteiger partial charge is 0.341 e. The maximum atomic E-state index is 11.8. The SMILES string of the molecule is CCOC(=O)c1cnc2ccc(Cl)cc2c1NN. The van der Waals surface area contributed by atoms with Gasteiger partial charge in [0.1, 0.15) is 5.56 Å². The summed E-state index contributed by atoms with van der Waals surface area (Å²) in [5, 5.41) is 1.22. The number of halogens is 1. The average molecular weight is 266 g/mol. The standard InChI is InChI=1S/C12H12ClN3O2/c1-2-18-12(17)9-6-15-10-4-3-7(13)5-8(10)11(9)16-14/h3-6H,2,14H2,1H3,(H,15,16). The topological polar surface area (TPSA) is 77.2 Å². The van der Waals surface area contributed by atoms with E-state index < -0.39 is 5.97 Å². The van der Waals surface area contributed by atoms with Crippen molar-refractivity contribution in [2.24, 2.45) is 5.84 Å². The predicted octanol–water partition coefficient (Wildman–Crippen LogP) is 2.35. The monoisotopic (exact) mass is 265 g/mol. The van der Waals surface area contributed by atoms with Gasteiger partial charge in [0.25, 0.3) is 0 Å². The number of rotatable bonds is 3. The lowest BCUT2D eigenvalue weighted by atomic mass is 10.1. The second-order valence-corrected chi connectivity index (χ2v) is 4.01. The molecule has 5 nitrogen and oxygen atoms in total. The molecule has 6 heteroatoms. The Morgan fingerprint density at radius 1 is 1.56 bits per heavy atom. The number of hydrogen-bond acceptors (Lipinski definition) is 5. The number of fused-ring (bicyclic) bond motifs is 1. The highest BCUT2D eigenvalue weighted by Gasteiger charge is 2.15. The molecule has 0 atom stereocenters. The first-order valence-corrected chi connectivity index (χ1v) is 5.77. The number of nitrogen functional groups attached to an aromatic ring is 1. The molecule has 1 aromatic carbocycles. The number of anilines is 1. The minimum absolute atomic E-state index is 0.286. The van der Waals surface area contributed by atoms with E-state index >= 15 is 0 Å². The van der Waals surface area contributed by atoms with Gasteiger partial charge in [-0.05, 0) is 25.1 Å². The predicted molar refractivity (Wildman–Crippen MR) is 70.5 cm³/mol. The zero-order chi connectivity index (χ0) is 13.1. The Morgan fingerprint density at radius 2 is 2.33 bits per heavy atom. The fourth-order valence-electron chi connectivity index (χ4n) is 1.68. The Bertz CT molecular complexity index is 601. The number of benzene rings is 1. The second-order valence-electron chi connectivity index (χ2n) is 3.57. The van der Waals surface area contributed by atoms with E-state index in [9.17, 15) is 4.79 Å². The van der Waals surface area contributed by atoms with Gasteiger partial charge in [0.05, 0.1) is 17.8 Å². The number of carbonyl (C=O) groups is 1. The van der Waals surface area contributed by atoms with E-state index in [1.807, 2.05) is 0 Å². The van der Waals surface area contributed by atoms with E-state index in [-0.39, 0.29) is 12.2 Å². The third kappa shape index (κ3) is 2.23. The third-order valence-electron chi connectivity index (χ3n) is 2.47. The molecule has 3 N–H and O–H groups in total. The van der Waals surface area contributed by atoms with Gasteiger partial charge in [-0.1, -0.05) is 11.6 Å². The molecule has 94 valence electrons. The van der Waals surface area contributed by atoms with Crippen LogP contribution in [0.15, 0.2) is 24.4 Å². The van der Waals surface area contributed by atoms with Gasteiger partial charge >= 0.3 is 5.97 Å². The van der Waals surface area contributed by atoms with Crippen LogP contribution in [0.25, 0.3) is 10.9 Å². The summed E-state index contributed by atoms with van der Waals surface area (Å²) in [7, 11) is 0. The Kier molecular flexibility index (Phi) is 3.64. The average Bonchev–Trinajstić information content (AvgIpc) is 2.37. The number of carbonyl (C=O) groups excluding carboxylic acids is 1. The van der Waals surface area contributed by atoms with Crippen molar-refractivity contribution in [1.82, 2.24) is 4.98 Å². The van der Waals surface area contributed by atoms with Crippen molar-refractivity contribution in [3.05, 3.63) is 35.0 Å². The molecule has 0 aliphatic carbocycles. The number of pyridine rings is 1. The lowest BCUT2D eigenvalue weighted by Crippen LogP contribution is -2.14. The van der Waals surface area contributed by atoms with Crippen LogP contribution in [0.3, 0.4) is 0 Å². The molecule has 1 aromatic heterocycles. The van der Waals surface area contributed by atoms with Crippen molar-refractivity contribution in [3.8, 4) is 0 Å². The fraction of sp³-hybridized carbons (Fsp3) is 0.167. The van der Waals surface area contributed by atoms with Crippen LogP contribution in [0, 0.1) is 0 Å². The Labute approximate surface area is 109 Å². The Morgan fingerprint density at radius 3 is 3.00 bits per heavy atom. The fourth-order valence-corrected chi connectivity index (χ4v) is 1.86. The molecule has 0 bridgehead atoms. The van der Waals surface area contributed by atoms with Crippen molar-refractivity contribution in [1.29, 1.82) is 0 Å². The summed E-state index contributed by atoms with van der Waals surface area (Å²) in [6.45, 7) is 2.02. The molecule has 0 amide bonds. The Hall–Kier alpha value is -1.85. The summed E-state index contributed by atoms with van der Waals surface area (Å²) >= 11 is 5.93. The van der Waals surface area contributed by atoms with Gasteiger partial charge in [-0.2, -0.15) is 0 Å². The van der Waals surface area contributed by atoms with E-state index in [4.69, 9.17) is 22.2 Å². The highest BCUT2D eigenvalue weighted by molar-refractivity contribution is 6.31. The lowest BCUT2D eigenvalue weighted by Gasteiger charge is -2.11. The van der Waals surface area contributed by atoms with E-state index in [0.29, 0.717) is 21.6 Å². The molecule has 1 heterocycles. The van der Waals surface area contributed by atoms with Gasteiger partial charge in [0, 0.05) is 16.6 Å². The first-order valence-electron chi connectivity index (χ1n) is 5.39. The molecule has 0 aliphatic heterocycles. The van der Waals surface area contributed by atoms with Gasteiger partial charge < -0.3 is 10.2 Å². The number of hydrazine groups is 1. The minimum Gasteiger partial charge on any atom is -0.462 e. The molecule has 0 aliphatic rings. The number of nitrogens with zero attached hydrogens (tertiary/aromatic N) is 1. The van der Waals surface area contributed by atoms with Crippen molar-refractivity contribution in [3.63, 3.8) is 0 Å². The minimum atomic E-state index is -0.472. The van der Waals surface area contributed by atoms with Crippen LogP contribution >= 0.6 is 11.6 Å². The molecule has 0 spiro atoms. The van der Waals surface area contributed by atoms with Gasteiger partial charge in [-0.25, -0.2) is 4.79 Å². The van der Waals surface area contributed by atoms with Crippen molar-refractivity contribution >= 4 is 34.2 Å². The quantitative estimate of drug-likeness (QED) is 0.506. The number of aromatic nitrogens is 1. The number of nitrogens with two attached hydrogens (primary N) is 1. The molecule has 0 fully saturated rings. The molecule has 0 radical (unpaired) electrons. The van der Waals surface area contributed by atoms with Crippen LogP contribution in [-0.2, 0) is 4.74 Å². The zero-order valence-corrected chi connectivity index (χ0v) is 10.5. The highest BCUT2D eigenvalue weighted by atomic mass is 35.5. The number of hydrogen-bond donors (Lipinski definition) is 2. The van der Waals surface area contributed by atoms with E-state index in [1.165, 1.54) is 6.20 Å². The van der Waals surface area contributed by atoms with Gasteiger partial charge in [-0.15, -0.1) is 0 Å². The molecule has 0 saturated carbocycles. The van der Waals surface area contributed by atoms with E-state index in [2.05, 4.69) is 10.4 Å². The maximum absolute atomic E-state index is 11.8. The van der Waals surface area contributed by atoms with E-state index in [0.717, 1.165) is 0 Å². The third-order valence-corrected chi connectivity index (χ3v) is 2.70. The van der Waals surface area contributed by atoms with Gasteiger partial charge in [0.15, 0.2) is 0 Å². The Balaban J connectivity index is 2.65. The summed E-state index contributed by atoms with van der Waals surface area (Å²) < 4.78 is 4.94. The molecule has 0 saturated heterocycles. The van der Waals surface area contributed by atoms with Crippen LogP contribution in [-0.4, -0.2) is 17.6 Å². The summed E-state index contributed by atoms with van der Waals surface area (Å²) in [5.74, 6) is 5.00.